The number of nitrogens with zero attached hydrogens (tertiary/aromatic N) is 3. The summed E-state index contributed by atoms with van der Waals surface area (Å²) in [5, 5.41) is 4.33. The molecule has 0 amide bonds. The first-order chi connectivity index (χ1) is 12.0. The predicted molar refractivity (Wildman–Crippen MR) is 102 cm³/mol. The minimum Gasteiger partial charge on any atom is -0.295 e. The van der Waals surface area contributed by atoms with Crippen LogP contribution in [0.5, 0.6) is 0 Å². The topological polar surface area (TPSA) is 42.9 Å². The summed E-state index contributed by atoms with van der Waals surface area (Å²) in [7, 11) is 0. The van der Waals surface area contributed by atoms with E-state index in [9.17, 15) is 0 Å². The summed E-state index contributed by atoms with van der Waals surface area (Å²) in [5.74, 6) is 0. The van der Waals surface area contributed by atoms with Gasteiger partial charge in [-0.1, -0.05) is 43.2 Å². The third-order valence-electron chi connectivity index (χ3n) is 4.97. The van der Waals surface area contributed by atoms with Crippen molar-refractivity contribution in [2.24, 2.45) is 4.99 Å². The highest BCUT2D eigenvalue weighted by atomic mass is 15.6. The summed E-state index contributed by atoms with van der Waals surface area (Å²) < 4.78 is 0. The van der Waals surface area contributed by atoms with Crippen LogP contribution in [-0.2, 0) is 0 Å². The zero-order chi connectivity index (χ0) is 17.4. The van der Waals surface area contributed by atoms with Crippen molar-refractivity contribution in [3.05, 3.63) is 53.5 Å². The second kappa shape index (κ2) is 6.23. The molecule has 4 rings (SSSR count). The Bertz CT molecular complexity index is 720. The molecule has 5 nitrogen and oxygen atoms in total. The molecule has 0 atom stereocenters. The van der Waals surface area contributed by atoms with Crippen LogP contribution in [-0.4, -0.2) is 27.9 Å². The van der Waals surface area contributed by atoms with E-state index in [1.807, 2.05) is 12.5 Å². The van der Waals surface area contributed by atoms with Crippen molar-refractivity contribution in [2.75, 3.05) is 0 Å². The number of hydrogen-bond donors (Lipinski definition) is 2. The number of benzene rings is 1. The number of nitrogens with one attached hydrogen (secondary N) is 2. The van der Waals surface area contributed by atoms with Crippen LogP contribution in [0.1, 0.15) is 52.0 Å². The van der Waals surface area contributed by atoms with E-state index >= 15 is 0 Å². The van der Waals surface area contributed by atoms with E-state index in [0.717, 1.165) is 17.1 Å². The van der Waals surface area contributed by atoms with Gasteiger partial charge in [0.1, 0.15) is 17.7 Å². The summed E-state index contributed by atoms with van der Waals surface area (Å²) in [5.41, 5.74) is 11.8. The molecular weight excluding hydrogens is 310 g/mol. The normalized spacial score (nSPS) is 20.8. The average Bonchev–Trinajstić information content (AvgIpc) is 3.23. The first-order valence-electron chi connectivity index (χ1n) is 9.20. The van der Waals surface area contributed by atoms with Crippen molar-refractivity contribution < 1.29 is 0 Å². The lowest BCUT2D eigenvalue weighted by molar-refractivity contribution is 0.156. The highest BCUT2D eigenvalue weighted by Gasteiger charge is 2.38. The first-order valence-corrected chi connectivity index (χ1v) is 9.20. The number of fused-ring (bicyclic) bond motifs is 1. The fraction of sp³-hybridized carbons (Fsp3) is 0.450. The zero-order valence-corrected chi connectivity index (χ0v) is 15.3. The molecule has 132 valence electrons. The van der Waals surface area contributed by atoms with Gasteiger partial charge in [-0.05, 0) is 33.6 Å². The molecule has 3 aliphatic rings. The maximum Gasteiger partial charge on any atom is 0.111 e. The molecular formula is C20H27N5. The zero-order valence-electron chi connectivity index (χ0n) is 15.3. The smallest absolute Gasteiger partial charge is 0.111 e. The van der Waals surface area contributed by atoms with Gasteiger partial charge in [0.25, 0.3) is 0 Å². The number of hydrazine groups is 2. The molecule has 0 aromatic heterocycles. The molecule has 1 aliphatic carbocycles. The Morgan fingerprint density at radius 1 is 1.12 bits per heavy atom. The largest absolute Gasteiger partial charge is 0.295 e. The second-order valence-corrected chi connectivity index (χ2v) is 7.97. The van der Waals surface area contributed by atoms with Gasteiger partial charge in [-0.25, -0.2) is 10.4 Å². The van der Waals surface area contributed by atoms with E-state index in [1.165, 1.54) is 31.2 Å². The van der Waals surface area contributed by atoms with Gasteiger partial charge in [-0.2, -0.15) is 0 Å². The molecule has 2 heterocycles. The molecule has 1 aromatic rings. The lowest BCUT2D eigenvalue weighted by Gasteiger charge is -2.37. The quantitative estimate of drug-likeness (QED) is 0.884. The maximum absolute atomic E-state index is 4.50. The van der Waals surface area contributed by atoms with Crippen LogP contribution in [0.2, 0.25) is 0 Å². The summed E-state index contributed by atoms with van der Waals surface area (Å²) in [6, 6.07) is 11.0. The van der Waals surface area contributed by atoms with E-state index < -0.39 is 0 Å². The summed E-state index contributed by atoms with van der Waals surface area (Å²) >= 11 is 0. The minimum absolute atomic E-state index is 0.0560. The van der Waals surface area contributed by atoms with Gasteiger partial charge in [0.05, 0.1) is 17.4 Å². The fourth-order valence-corrected chi connectivity index (χ4v) is 3.73. The van der Waals surface area contributed by atoms with Crippen LogP contribution >= 0.6 is 0 Å². The summed E-state index contributed by atoms with van der Waals surface area (Å²) in [6.45, 7) is 6.62. The van der Waals surface area contributed by atoms with Gasteiger partial charge in [-0.3, -0.25) is 15.4 Å². The monoisotopic (exact) mass is 337 g/mol. The Morgan fingerprint density at radius 3 is 2.52 bits per heavy atom. The van der Waals surface area contributed by atoms with Crippen LogP contribution in [0.15, 0.2) is 52.9 Å². The van der Waals surface area contributed by atoms with E-state index in [0.29, 0.717) is 6.04 Å². The van der Waals surface area contributed by atoms with Crippen molar-refractivity contribution in [3.8, 4) is 0 Å². The lowest BCUT2D eigenvalue weighted by atomic mass is 10.1. The summed E-state index contributed by atoms with van der Waals surface area (Å²) in [4.78, 5) is 4.50. The Kier molecular flexibility index (Phi) is 4.04. The van der Waals surface area contributed by atoms with Crippen molar-refractivity contribution >= 4 is 12.0 Å². The highest BCUT2D eigenvalue weighted by molar-refractivity contribution is 5.78. The van der Waals surface area contributed by atoms with Crippen molar-refractivity contribution in [2.45, 2.75) is 58.0 Å². The van der Waals surface area contributed by atoms with Gasteiger partial charge >= 0.3 is 0 Å². The van der Waals surface area contributed by atoms with Crippen LogP contribution in [0.25, 0.3) is 5.70 Å². The van der Waals surface area contributed by atoms with Gasteiger partial charge in [0.2, 0.25) is 0 Å². The SMILES string of the molecule is CC(C)(C)N1NC(c2ccccc2)=C2C1=CN=CN2NC1CCCC1. The molecule has 0 spiro atoms. The second-order valence-electron chi connectivity index (χ2n) is 7.97. The molecule has 0 radical (unpaired) electrons. The van der Waals surface area contributed by atoms with Crippen LogP contribution in [0.3, 0.4) is 0 Å². The molecule has 5 heteroatoms. The van der Waals surface area contributed by atoms with Crippen molar-refractivity contribution in [3.63, 3.8) is 0 Å². The van der Waals surface area contributed by atoms with Crippen LogP contribution in [0, 0.1) is 0 Å². The molecule has 0 unspecified atom stereocenters. The fourth-order valence-electron chi connectivity index (χ4n) is 3.73. The van der Waals surface area contributed by atoms with E-state index in [2.05, 4.69) is 77.0 Å². The van der Waals surface area contributed by atoms with E-state index in [-0.39, 0.29) is 5.54 Å². The maximum atomic E-state index is 4.50. The highest BCUT2D eigenvalue weighted by Crippen LogP contribution is 2.37. The van der Waals surface area contributed by atoms with E-state index in [4.69, 9.17) is 0 Å². The van der Waals surface area contributed by atoms with Crippen molar-refractivity contribution in [1.29, 1.82) is 0 Å². The molecule has 0 bridgehead atoms. The van der Waals surface area contributed by atoms with Gasteiger partial charge in [0.15, 0.2) is 0 Å². The molecule has 1 fully saturated rings. The summed E-state index contributed by atoms with van der Waals surface area (Å²) in [6.07, 6.45) is 8.93. The number of hydrogen-bond acceptors (Lipinski definition) is 5. The molecule has 1 saturated carbocycles. The van der Waals surface area contributed by atoms with Gasteiger partial charge in [0, 0.05) is 11.6 Å². The van der Waals surface area contributed by atoms with Gasteiger partial charge < -0.3 is 0 Å². The minimum atomic E-state index is -0.0560. The first kappa shape index (κ1) is 16.2. The third-order valence-corrected chi connectivity index (χ3v) is 4.97. The molecule has 0 saturated heterocycles. The number of rotatable bonds is 3. The molecule has 25 heavy (non-hydrogen) atoms. The third kappa shape index (κ3) is 3.04. The Labute approximate surface area is 150 Å². The van der Waals surface area contributed by atoms with Crippen molar-refractivity contribution in [1.82, 2.24) is 20.9 Å². The molecule has 2 N–H and O–H groups in total. The van der Waals surface area contributed by atoms with Gasteiger partial charge in [-0.15, -0.1) is 0 Å². The molecule has 1 aromatic carbocycles. The lowest BCUT2D eigenvalue weighted by Crippen LogP contribution is -2.47. The standard InChI is InChI=1S/C20H27N5/c1-20(2,3)25-17-13-21-14-24(22-16-11-7-8-12-16)19(17)18(23-25)15-9-5-4-6-10-15/h4-6,9-10,13-14,16,22-23H,7-8,11-12H2,1-3H3. The Morgan fingerprint density at radius 2 is 1.84 bits per heavy atom. The van der Waals surface area contributed by atoms with Crippen LogP contribution in [0.4, 0.5) is 0 Å². The average molecular weight is 337 g/mol. The molecule has 2 aliphatic heterocycles. The predicted octanol–water partition coefficient (Wildman–Crippen LogP) is 3.61. The Hall–Kier alpha value is -2.27. The van der Waals surface area contributed by atoms with E-state index in [1.54, 1.807) is 0 Å². The Balaban J connectivity index is 1.74. The number of aliphatic imine (C=N–C) groups is 1. The van der Waals surface area contributed by atoms with Crippen LogP contribution < -0.4 is 10.9 Å².